The predicted molar refractivity (Wildman–Crippen MR) is 108 cm³/mol. The Labute approximate surface area is 173 Å². The molecule has 2 aromatic carbocycles. The van der Waals surface area contributed by atoms with Crippen molar-refractivity contribution < 1.29 is 19.0 Å². The summed E-state index contributed by atoms with van der Waals surface area (Å²) in [6.45, 7) is 1.88. The zero-order chi connectivity index (χ0) is 20.2. The van der Waals surface area contributed by atoms with Crippen LogP contribution in [0.2, 0.25) is 5.02 Å². The zero-order valence-electron chi connectivity index (χ0n) is 15.7. The van der Waals surface area contributed by atoms with E-state index in [-0.39, 0.29) is 18.7 Å². The first-order valence-electron chi connectivity index (χ1n) is 9.12. The minimum absolute atomic E-state index is 0.183. The molecular weight excluding hydrogens is 392 g/mol. The monoisotopic (exact) mass is 410 g/mol. The topological polar surface area (TPSA) is 69.7 Å². The third-order valence-corrected chi connectivity index (χ3v) is 4.79. The molecule has 0 aliphatic carbocycles. The van der Waals surface area contributed by atoms with E-state index >= 15 is 0 Å². The molecule has 0 fully saturated rings. The van der Waals surface area contributed by atoms with Crippen LogP contribution >= 0.6 is 11.6 Å². The Morgan fingerprint density at radius 1 is 1.10 bits per heavy atom. The summed E-state index contributed by atoms with van der Waals surface area (Å²) in [5.74, 6) is 1.53. The average molecular weight is 411 g/mol. The van der Waals surface area contributed by atoms with E-state index in [1.165, 1.54) is 0 Å². The molecule has 148 valence electrons. The van der Waals surface area contributed by atoms with E-state index < -0.39 is 6.10 Å². The first-order valence-corrected chi connectivity index (χ1v) is 9.50. The van der Waals surface area contributed by atoms with Crippen LogP contribution < -0.4 is 19.5 Å². The van der Waals surface area contributed by atoms with Crippen LogP contribution in [-0.2, 0) is 4.79 Å². The number of amides is 1. The first kappa shape index (κ1) is 19.1. The molecule has 0 saturated carbocycles. The molecule has 1 N–H and O–H groups in total. The van der Waals surface area contributed by atoms with Crippen LogP contribution in [0.4, 0.5) is 0 Å². The summed E-state index contributed by atoms with van der Waals surface area (Å²) in [7, 11) is 0. The van der Waals surface area contributed by atoms with E-state index in [1.54, 1.807) is 49.6 Å². The summed E-state index contributed by atoms with van der Waals surface area (Å²) >= 11 is 6.01. The van der Waals surface area contributed by atoms with Crippen molar-refractivity contribution >= 4 is 17.5 Å². The highest BCUT2D eigenvalue weighted by atomic mass is 35.5. The van der Waals surface area contributed by atoms with E-state index in [0.29, 0.717) is 22.3 Å². The Kier molecular flexibility index (Phi) is 5.53. The number of pyridine rings is 1. The Bertz CT molecular complexity index is 995. The average Bonchev–Trinajstić information content (AvgIpc) is 3.21. The van der Waals surface area contributed by atoms with Crippen molar-refractivity contribution in [1.29, 1.82) is 0 Å². The fraction of sp³-hybridized carbons (Fsp3) is 0.182. The van der Waals surface area contributed by atoms with Crippen LogP contribution in [0.5, 0.6) is 17.2 Å². The molecule has 4 rings (SSSR count). The highest BCUT2D eigenvalue weighted by Crippen LogP contribution is 2.35. The third-order valence-electron chi connectivity index (χ3n) is 4.53. The van der Waals surface area contributed by atoms with Gasteiger partial charge in [0.05, 0.1) is 6.04 Å². The molecule has 1 aromatic heterocycles. The Morgan fingerprint density at radius 2 is 1.90 bits per heavy atom. The highest BCUT2D eigenvalue weighted by Gasteiger charge is 2.23. The quantitative estimate of drug-likeness (QED) is 0.661. The summed E-state index contributed by atoms with van der Waals surface area (Å²) in [4.78, 5) is 17.0. The van der Waals surface area contributed by atoms with Gasteiger partial charge in [0, 0.05) is 23.5 Å². The van der Waals surface area contributed by atoms with Crippen LogP contribution in [0.1, 0.15) is 24.1 Å². The number of fused-ring (bicyclic) bond motifs is 1. The van der Waals surface area contributed by atoms with Crippen LogP contribution in [0.15, 0.2) is 67.0 Å². The number of carbonyl (C=O) groups excluding carboxylic acids is 1. The van der Waals surface area contributed by atoms with Gasteiger partial charge in [0.1, 0.15) is 5.75 Å². The van der Waals surface area contributed by atoms with E-state index in [4.69, 9.17) is 25.8 Å². The van der Waals surface area contributed by atoms with E-state index in [1.807, 2.05) is 24.3 Å². The van der Waals surface area contributed by atoms with Crippen molar-refractivity contribution in [3.8, 4) is 17.2 Å². The number of halogens is 1. The first-order chi connectivity index (χ1) is 14.1. The summed E-state index contributed by atoms with van der Waals surface area (Å²) in [5.41, 5.74) is 1.75. The molecule has 1 aliphatic rings. The van der Waals surface area contributed by atoms with Crippen molar-refractivity contribution in [2.75, 3.05) is 6.79 Å². The number of aromatic nitrogens is 1. The standard InChI is InChI=1S/C22H19ClN2O4/c1-14(29-18-8-9-19-20(11-18)28-13-27-19)22(26)25-21(16-3-2-10-24-12-16)15-4-6-17(23)7-5-15/h2-12,14,21H,13H2,1H3,(H,25,26)/t14-,21-/m0/s1. The molecule has 2 atom stereocenters. The largest absolute Gasteiger partial charge is 0.481 e. The SMILES string of the molecule is C[C@H](Oc1ccc2c(c1)OCO2)C(=O)N[C@@H](c1ccc(Cl)cc1)c1cccnc1. The van der Waals surface area contributed by atoms with Gasteiger partial charge in [0.2, 0.25) is 6.79 Å². The van der Waals surface area contributed by atoms with Crippen LogP contribution in [0, 0.1) is 0 Å². The minimum Gasteiger partial charge on any atom is -0.481 e. The summed E-state index contributed by atoms with van der Waals surface area (Å²) in [6, 6.07) is 15.9. The molecule has 2 heterocycles. The molecule has 6 nitrogen and oxygen atoms in total. The molecular formula is C22H19ClN2O4. The Hall–Kier alpha value is -3.25. The molecule has 0 spiro atoms. The molecule has 3 aromatic rings. The van der Waals surface area contributed by atoms with Crippen molar-refractivity contribution in [2.24, 2.45) is 0 Å². The van der Waals surface area contributed by atoms with E-state index in [2.05, 4.69) is 10.3 Å². The van der Waals surface area contributed by atoms with E-state index in [9.17, 15) is 4.79 Å². The second-order valence-electron chi connectivity index (χ2n) is 6.55. The second-order valence-corrected chi connectivity index (χ2v) is 6.99. The number of nitrogens with one attached hydrogen (secondary N) is 1. The van der Waals surface area contributed by atoms with Gasteiger partial charge >= 0.3 is 0 Å². The normalized spacial score (nSPS) is 14.1. The maximum atomic E-state index is 12.9. The maximum absolute atomic E-state index is 12.9. The van der Waals surface area contributed by atoms with Crippen molar-refractivity contribution in [2.45, 2.75) is 19.1 Å². The maximum Gasteiger partial charge on any atom is 0.261 e. The molecule has 1 aliphatic heterocycles. The van der Waals surface area contributed by atoms with Crippen molar-refractivity contribution in [3.63, 3.8) is 0 Å². The molecule has 0 unspecified atom stereocenters. The van der Waals surface area contributed by atoms with Crippen molar-refractivity contribution in [1.82, 2.24) is 10.3 Å². The van der Waals surface area contributed by atoms with Gasteiger partial charge in [-0.1, -0.05) is 29.8 Å². The van der Waals surface area contributed by atoms with Gasteiger partial charge in [-0.05, 0) is 48.4 Å². The fourth-order valence-corrected chi connectivity index (χ4v) is 3.15. The lowest BCUT2D eigenvalue weighted by molar-refractivity contribution is -0.127. The van der Waals surface area contributed by atoms with Crippen LogP contribution in [-0.4, -0.2) is 23.8 Å². The molecule has 0 radical (unpaired) electrons. The Balaban J connectivity index is 1.50. The molecule has 1 amide bonds. The van der Waals surface area contributed by atoms with Gasteiger partial charge in [-0.25, -0.2) is 0 Å². The lowest BCUT2D eigenvalue weighted by atomic mass is 10.00. The lowest BCUT2D eigenvalue weighted by Gasteiger charge is -2.22. The zero-order valence-corrected chi connectivity index (χ0v) is 16.4. The number of hydrogen-bond donors (Lipinski definition) is 1. The van der Waals surface area contributed by atoms with E-state index in [0.717, 1.165) is 11.1 Å². The predicted octanol–water partition coefficient (Wildman–Crippen LogP) is 4.14. The molecule has 7 heteroatoms. The van der Waals surface area contributed by atoms with Gasteiger partial charge in [-0.2, -0.15) is 0 Å². The molecule has 0 bridgehead atoms. The van der Waals surface area contributed by atoms with Gasteiger partial charge in [-0.15, -0.1) is 0 Å². The fourth-order valence-electron chi connectivity index (χ4n) is 3.03. The summed E-state index contributed by atoms with van der Waals surface area (Å²) in [5, 5.41) is 3.67. The summed E-state index contributed by atoms with van der Waals surface area (Å²) in [6.07, 6.45) is 2.69. The minimum atomic E-state index is -0.721. The number of nitrogens with zero attached hydrogens (tertiary/aromatic N) is 1. The lowest BCUT2D eigenvalue weighted by Crippen LogP contribution is -2.39. The van der Waals surface area contributed by atoms with Gasteiger partial charge in [0.15, 0.2) is 17.6 Å². The third kappa shape index (κ3) is 4.43. The number of rotatable bonds is 6. The highest BCUT2D eigenvalue weighted by molar-refractivity contribution is 6.30. The van der Waals surface area contributed by atoms with Crippen LogP contribution in [0.25, 0.3) is 0 Å². The number of carbonyl (C=O) groups is 1. The number of benzene rings is 2. The summed E-state index contributed by atoms with van der Waals surface area (Å²) < 4.78 is 16.5. The number of ether oxygens (including phenoxy) is 3. The second kappa shape index (κ2) is 8.41. The molecule has 0 saturated heterocycles. The van der Waals surface area contributed by atoms with Crippen molar-refractivity contribution in [3.05, 3.63) is 83.1 Å². The van der Waals surface area contributed by atoms with Gasteiger partial charge < -0.3 is 19.5 Å². The van der Waals surface area contributed by atoms with Crippen LogP contribution in [0.3, 0.4) is 0 Å². The number of hydrogen-bond acceptors (Lipinski definition) is 5. The van der Waals surface area contributed by atoms with Gasteiger partial charge in [0.25, 0.3) is 5.91 Å². The van der Waals surface area contributed by atoms with Gasteiger partial charge in [-0.3, -0.25) is 9.78 Å². The molecule has 29 heavy (non-hydrogen) atoms. The smallest absolute Gasteiger partial charge is 0.261 e. The Morgan fingerprint density at radius 3 is 2.66 bits per heavy atom.